The third-order valence-electron chi connectivity index (χ3n) is 1.95. The smallest absolute Gasteiger partial charge is 0.214 e. The molecule has 1 rings (SSSR count). The van der Waals surface area contributed by atoms with E-state index in [1.807, 2.05) is 6.92 Å². The molecule has 0 fully saturated rings. The third-order valence-corrected chi connectivity index (χ3v) is 1.95. The van der Waals surface area contributed by atoms with Gasteiger partial charge >= 0.3 is 0 Å². The molecule has 0 aromatic heterocycles. The molecule has 2 N–H and O–H groups in total. The summed E-state index contributed by atoms with van der Waals surface area (Å²) in [6, 6.07) is 6.99. The van der Waals surface area contributed by atoms with Crippen molar-refractivity contribution in [2.45, 2.75) is 13.0 Å². The molecular formula is C11H16ClNO3. The van der Waals surface area contributed by atoms with Gasteiger partial charge in [-0.2, -0.15) is 0 Å². The van der Waals surface area contributed by atoms with Crippen LogP contribution in [0.4, 0.5) is 0 Å². The van der Waals surface area contributed by atoms with Crippen molar-refractivity contribution in [2.75, 3.05) is 13.7 Å². The van der Waals surface area contributed by atoms with Crippen LogP contribution in [0.2, 0.25) is 0 Å². The third kappa shape index (κ3) is 3.72. The number of hydrogen-bond acceptors (Lipinski definition) is 4. The zero-order valence-electron chi connectivity index (χ0n) is 9.27. The molecule has 16 heavy (non-hydrogen) atoms. The lowest BCUT2D eigenvalue weighted by molar-refractivity contribution is 0.204. The Balaban J connectivity index is 0.00000225. The summed E-state index contributed by atoms with van der Waals surface area (Å²) in [5.74, 6) is 0.501. The average Bonchev–Trinajstić information content (AvgIpc) is 2.28. The Morgan fingerprint density at radius 3 is 2.75 bits per heavy atom. The maximum atomic E-state index is 9.68. The minimum atomic E-state index is -1.03. The minimum absolute atomic E-state index is 0. The van der Waals surface area contributed by atoms with Gasteiger partial charge in [0.15, 0.2) is 6.10 Å². The van der Waals surface area contributed by atoms with E-state index >= 15 is 0 Å². The van der Waals surface area contributed by atoms with Crippen molar-refractivity contribution >= 4 is 18.3 Å². The highest BCUT2D eigenvalue weighted by Crippen LogP contribution is 2.20. The lowest BCUT2D eigenvalue weighted by Gasteiger charge is -2.12. The van der Waals surface area contributed by atoms with Crippen LogP contribution in [0.5, 0.6) is 5.75 Å². The van der Waals surface area contributed by atoms with E-state index in [2.05, 4.69) is 4.74 Å². The fourth-order valence-corrected chi connectivity index (χ4v) is 1.20. The van der Waals surface area contributed by atoms with Gasteiger partial charge in [0.05, 0.1) is 13.7 Å². The number of methoxy groups -OCH3 is 1. The second-order valence-electron chi connectivity index (χ2n) is 2.98. The molecule has 1 atom stereocenters. The predicted octanol–water partition coefficient (Wildman–Crippen LogP) is 2.16. The fourth-order valence-electron chi connectivity index (χ4n) is 1.20. The normalized spacial score (nSPS) is 11.2. The van der Waals surface area contributed by atoms with Crippen molar-refractivity contribution in [1.82, 2.24) is 0 Å². The Hall–Kier alpha value is -1.26. The van der Waals surface area contributed by atoms with Gasteiger partial charge < -0.3 is 14.6 Å². The van der Waals surface area contributed by atoms with E-state index in [9.17, 15) is 5.11 Å². The first-order valence-corrected chi connectivity index (χ1v) is 4.72. The first-order chi connectivity index (χ1) is 7.19. The molecule has 0 amide bonds. The molecule has 0 heterocycles. The van der Waals surface area contributed by atoms with Crippen molar-refractivity contribution in [2.24, 2.45) is 0 Å². The van der Waals surface area contributed by atoms with Crippen LogP contribution >= 0.6 is 12.4 Å². The monoisotopic (exact) mass is 245 g/mol. The summed E-state index contributed by atoms with van der Waals surface area (Å²) in [6.45, 7) is 2.46. The van der Waals surface area contributed by atoms with Crippen molar-refractivity contribution in [3.8, 4) is 5.75 Å². The molecule has 0 aliphatic carbocycles. The van der Waals surface area contributed by atoms with Crippen molar-refractivity contribution in [3.63, 3.8) is 0 Å². The lowest BCUT2D eigenvalue weighted by atomic mass is 10.1. The van der Waals surface area contributed by atoms with Crippen molar-refractivity contribution < 1.29 is 14.6 Å². The summed E-state index contributed by atoms with van der Waals surface area (Å²) in [4.78, 5) is 0. The first kappa shape index (κ1) is 14.7. The molecule has 0 aliphatic heterocycles. The van der Waals surface area contributed by atoms with Gasteiger partial charge in [-0.25, -0.2) is 0 Å². The fraction of sp³-hybridized carbons (Fsp3) is 0.364. The van der Waals surface area contributed by atoms with Gasteiger partial charge in [0, 0.05) is 0 Å². The number of nitrogens with one attached hydrogen (secondary N) is 1. The van der Waals surface area contributed by atoms with Gasteiger partial charge in [-0.15, -0.1) is 12.4 Å². The summed E-state index contributed by atoms with van der Waals surface area (Å²) in [6.07, 6.45) is -1.03. The molecule has 5 heteroatoms. The number of halogens is 1. The molecule has 4 nitrogen and oxygen atoms in total. The Kier molecular flexibility index (Phi) is 6.53. The summed E-state index contributed by atoms with van der Waals surface area (Å²) in [5.41, 5.74) is 0.591. The number of ether oxygens (including phenoxy) is 2. The summed E-state index contributed by atoms with van der Waals surface area (Å²) >= 11 is 0. The number of aliphatic hydroxyl groups is 1. The van der Waals surface area contributed by atoms with Gasteiger partial charge in [0.1, 0.15) is 5.75 Å². The van der Waals surface area contributed by atoms with Crippen molar-refractivity contribution in [1.29, 1.82) is 5.41 Å². The van der Waals surface area contributed by atoms with E-state index in [1.54, 1.807) is 24.3 Å². The zero-order valence-corrected chi connectivity index (χ0v) is 10.1. The summed E-state index contributed by atoms with van der Waals surface area (Å²) in [5, 5.41) is 17.0. The van der Waals surface area contributed by atoms with E-state index in [-0.39, 0.29) is 18.3 Å². The second-order valence-corrected chi connectivity index (χ2v) is 2.98. The van der Waals surface area contributed by atoms with Crippen LogP contribution in [0, 0.1) is 5.41 Å². The maximum absolute atomic E-state index is 9.68. The molecule has 1 aromatic carbocycles. The Morgan fingerprint density at radius 2 is 2.19 bits per heavy atom. The number of rotatable bonds is 4. The van der Waals surface area contributed by atoms with Crippen LogP contribution in [0.3, 0.4) is 0 Å². The van der Waals surface area contributed by atoms with E-state index in [0.29, 0.717) is 17.9 Å². The molecule has 0 saturated heterocycles. The SMILES string of the molecule is CCOc1cccc(C(O)C(=N)OC)c1.Cl. The highest BCUT2D eigenvalue weighted by atomic mass is 35.5. The molecule has 90 valence electrons. The Labute approximate surface area is 101 Å². The van der Waals surface area contributed by atoms with Gasteiger partial charge in [-0.3, -0.25) is 5.41 Å². The number of benzene rings is 1. The summed E-state index contributed by atoms with van der Waals surface area (Å²) in [7, 11) is 1.36. The quantitative estimate of drug-likeness (QED) is 0.631. The highest BCUT2D eigenvalue weighted by Gasteiger charge is 2.14. The van der Waals surface area contributed by atoms with Crippen LogP contribution in [-0.2, 0) is 4.74 Å². The van der Waals surface area contributed by atoms with E-state index < -0.39 is 6.10 Å². The van der Waals surface area contributed by atoms with E-state index in [0.717, 1.165) is 0 Å². The molecule has 0 radical (unpaired) electrons. The van der Waals surface area contributed by atoms with Crippen LogP contribution < -0.4 is 4.74 Å². The average molecular weight is 246 g/mol. The van der Waals surface area contributed by atoms with Gasteiger partial charge in [-0.05, 0) is 24.6 Å². The van der Waals surface area contributed by atoms with Gasteiger partial charge in [0.25, 0.3) is 0 Å². The van der Waals surface area contributed by atoms with E-state index in [1.165, 1.54) is 7.11 Å². The topological polar surface area (TPSA) is 62.5 Å². The minimum Gasteiger partial charge on any atom is -0.494 e. The van der Waals surface area contributed by atoms with Crippen molar-refractivity contribution in [3.05, 3.63) is 29.8 Å². The molecule has 0 spiro atoms. The van der Waals surface area contributed by atoms with E-state index in [4.69, 9.17) is 10.1 Å². The predicted molar refractivity (Wildman–Crippen MR) is 64.6 cm³/mol. The zero-order chi connectivity index (χ0) is 11.3. The Morgan fingerprint density at radius 1 is 1.50 bits per heavy atom. The van der Waals surface area contributed by atoms with Crippen LogP contribution in [0.15, 0.2) is 24.3 Å². The maximum Gasteiger partial charge on any atom is 0.214 e. The highest BCUT2D eigenvalue weighted by molar-refractivity contribution is 5.85. The molecule has 1 aromatic rings. The lowest BCUT2D eigenvalue weighted by Crippen LogP contribution is -2.12. The first-order valence-electron chi connectivity index (χ1n) is 4.72. The summed E-state index contributed by atoms with van der Waals surface area (Å²) < 4.78 is 9.95. The van der Waals surface area contributed by atoms with Crippen LogP contribution in [-0.4, -0.2) is 24.7 Å². The number of aliphatic hydroxyl groups excluding tert-OH is 1. The molecular weight excluding hydrogens is 230 g/mol. The standard InChI is InChI=1S/C11H15NO3.ClH/c1-3-15-9-6-4-5-8(7-9)10(13)11(12)14-2;/h4-7,10,12-13H,3H2,1-2H3;1H. The van der Waals surface area contributed by atoms with Crippen LogP contribution in [0.25, 0.3) is 0 Å². The van der Waals surface area contributed by atoms with Crippen LogP contribution in [0.1, 0.15) is 18.6 Å². The molecule has 0 aliphatic rings. The van der Waals surface area contributed by atoms with Gasteiger partial charge in [0.2, 0.25) is 5.90 Å². The molecule has 0 saturated carbocycles. The van der Waals surface area contributed by atoms with Gasteiger partial charge in [-0.1, -0.05) is 12.1 Å². The number of hydrogen-bond donors (Lipinski definition) is 2. The second kappa shape index (κ2) is 7.09. The molecule has 1 unspecified atom stereocenters. The Bertz CT molecular complexity index is 344. The molecule has 0 bridgehead atoms. The largest absolute Gasteiger partial charge is 0.494 e.